The first-order chi connectivity index (χ1) is 17.0. The van der Waals surface area contributed by atoms with E-state index in [1.165, 1.54) is 14.2 Å². The van der Waals surface area contributed by atoms with Gasteiger partial charge in [-0.25, -0.2) is 4.98 Å². The Bertz CT molecular complexity index is 1220. The van der Waals surface area contributed by atoms with Crippen LogP contribution in [0.15, 0.2) is 41.2 Å². The molecule has 1 aromatic heterocycles. The SMILES string of the molecule is CCN(CC(=O)Nc1ccc(N2CCOCC2)cc1)Cc1nc2cc(OC)c(OC)cc2c(=O)[nH]1. The summed E-state index contributed by atoms with van der Waals surface area (Å²) in [4.78, 5) is 36.9. The van der Waals surface area contributed by atoms with Crippen LogP contribution in [0.3, 0.4) is 0 Å². The van der Waals surface area contributed by atoms with Crippen molar-refractivity contribution in [3.63, 3.8) is 0 Å². The predicted octanol–water partition coefficient (Wildman–Crippen LogP) is 2.24. The summed E-state index contributed by atoms with van der Waals surface area (Å²) in [5, 5.41) is 3.35. The molecule has 4 rings (SSSR count). The molecular weight excluding hydrogens is 450 g/mol. The molecule has 0 aliphatic carbocycles. The van der Waals surface area contributed by atoms with E-state index in [4.69, 9.17) is 14.2 Å². The summed E-state index contributed by atoms with van der Waals surface area (Å²) in [7, 11) is 3.05. The van der Waals surface area contributed by atoms with Crippen molar-refractivity contribution in [1.82, 2.24) is 14.9 Å². The number of fused-ring (bicyclic) bond motifs is 1. The molecule has 2 aromatic carbocycles. The van der Waals surface area contributed by atoms with Crippen molar-refractivity contribution in [2.75, 3.05) is 63.8 Å². The van der Waals surface area contributed by atoms with E-state index in [9.17, 15) is 9.59 Å². The third kappa shape index (κ3) is 5.90. The van der Waals surface area contributed by atoms with Gasteiger partial charge in [0.25, 0.3) is 5.56 Å². The summed E-state index contributed by atoms with van der Waals surface area (Å²) in [5.41, 5.74) is 2.08. The molecule has 1 saturated heterocycles. The van der Waals surface area contributed by atoms with Crippen LogP contribution in [0.1, 0.15) is 12.7 Å². The molecular formula is C25H31N5O5. The number of rotatable bonds is 9. The van der Waals surface area contributed by atoms with E-state index in [1.54, 1.807) is 12.1 Å². The number of nitrogens with zero attached hydrogens (tertiary/aromatic N) is 3. The molecule has 186 valence electrons. The molecule has 2 N–H and O–H groups in total. The van der Waals surface area contributed by atoms with Crippen LogP contribution < -0.4 is 25.2 Å². The molecule has 10 nitrogen and oxygen atoms in total. The Morgan fingerprint density at radius 1 is 1.14 bits per heavy atom. The highest BCUT2D eigenvalue weighted by Crippen LogP contribution is 2.30. The highest BCUT2D eigenvalue weighted by Gasteiger charge is 2.15. The van der Waals surface area contributed by atoms with Gasteiger partial charge in [-0.3, -0.25) is 14.5 Å². The first-order valence-corrected chi connectivity index (χ1v) is 11.6. The lowest BCUT2D eigenvalue weighted by atomic mass is 10.2. The number of aromatic nitrogens is 2. The topological polar surface area (TPSA) is 109 Å². The molecule has 0 atom stereocenters. The zero-order valence-corrected chi connectivity index (χ0v) is 20.3. The normalized spacial score (nSPS) is 13.8. The molecule has 10 heteroatoms. The standard InChI is InChI=1S/C25H31N5O5/c1-4-29(15-23-27-20-14-22(34-3)21(33-2)13-19(20)25(32)28-23)16-24(31)26-17-5-7-18(8-6-17)30-9-11-35-12-10-30/h5-8,13-14H,4,9-12,15-16H2,1-3H3,(H,26,31)(H,27,28,32). The molecule has 1 amide bonds. The van der Waals surface area contributed by atoms with Crippen LogP contribution in [-0.4, -0.2) is 74.4 Å². The zero-order valence-electron chi connectivity index (χ0n) is 20.3. The Labute approximate surface area is 203 Å². The van der Waals surface area contributed by atoms with Gasteiger partial charge in [0.1, 0.15) is 5.82 Å². The number of carbonyl (C=O) groups is 1. The number of morpholine rings is 1. The highest BCUT2D eigenvalue weighted by molar-refractivity contribution is 5.92. The number of anilines is 2. The Kier molecular flexibility index (Phi) is 7.84. The minimum Gasteiger partial charge on any atom is -0.493 e. The van der Waals surface area contributed by atoms with Gasteiger partial charge in [0.05, 0.1) is 51.4 Å². The van der Waals surface area contributed by atoms with Crippen molar-refractivity contribution in [1.29, 1.82) is 0 Å². The van der Waals surface area contributed by atoms with Crippen LogP contribution in [0.2, 0.25) is 0 Å². The van der Waals surface area contributed by atoms with E-state index < -0.39 is 0 Å². The fourth-order valence-corrected chi connectivity index (χ4v) is 4.06. The van der Waals surface area contributed by atoms with Crippen molar-refractivity contribution < 1.29 is 19.0 Å². The largest absolute Gasteiger partial charge is 0.493 e. The number of ether oxygens (including phenoxy) is 3. The maximum atomic E-state index is 12.7. The molecule has 1 fully saturated rings. The molecule has 0 saturated carbocycles. The summed E-state index contributed by atoms with van der Waals surface area (Å²) in [6.45, 7) is 6.23. The number of benzene rings is 2. The fourth-order valence-electron chi connectivity index (χ4n) is 4.06. The van der Waals surface area contributed by atoms with Gasteiger partial charge in [0, 0.05) is 30.5 Å². The van der Waals surface area contributed by atoms with Crippen molar-refractivity contribution in [3.8, 4) is 11.5 Å². The van der Waals surface area contributed by atoms with Crippen LogP contribution >= 0.6 is 0 Å². The molecule has 2 heterocycles. The monoisotopic (exact) mass is 481 g/mol. The third-order valence-electron chi connectivity index (χ3n) is 5.97. The number of likely N-dealkylation sites (N-methyl/N-ethyl adjacent to an activating group) is 1. The maximum absolute atomic E-state index is 12.7. The van der Waals surface area contributed by atoms with Crippen LogP contribution in [0.4, 0.5) is 11.4 Å². The lowest BCUT2D eigenvalue weighted by Gasteiger charge is -2.29. The average molecular weight is 482 g/mol. The Hall–Kier alpha value is -3.63. The van der Waals surface area contributed by atoms with Gasteiger partial charge < -0.3 is 29.4 Å². The van der Waals surface area contributed by atoms with Crippen LogP contribution in [-0.2, 0) is 16.1 Å². The van der Waals surface area contributed by atoms with Crippen molar-refractivity contribution in [2.24, 2.45) is 0 Å². The van der Waals surface area contributed by atoms with E-state index in [0.29, 0.717) is 41.3 Å². The lowest BCUT2D eigenvalue weighted by molar-refractivity contribution is -0.117. The lowest BCUT2D eigenvalue weighted by Crippen LogP contribution is -2.36. The molecule has 1 aliphatic heterocycles. The van der Waals surface area contributed by atoms with Gasteiger partial charge in [-0.1, -0.05) is 6.92 Å². The summed E-state index contributed by atoms with van der Waals surface area (Å²) in [6, 6.07) is 11.1. The summed E-state index contributed by atoms with van der Waals surface area (Å²) in [5.74, 6) is 1.29. The van der Waals surface area contributed by atoms with Gasteiger partial charge in [0.15, 0.2) is 11.5 Å². The summed E-state index contributed by atoms with van der Waals surface area (Å²) < 4.78 is 16.0. The number of nitrogens with one attached hydrogen (secondary N) is 2. The van der Waals surface area contributed by atoms with E-state index in [-0.39, 0.29) is 18.0 Å². The van der Waals surface area contributed by atoms with Crippen LogP contribution in [0.25, 0.3) is 10.9 Å². The van der Waals surface area contributed by atoms with E-state index in [2.05, 4.69) is 20.2 Å². The number of H-pyrrole nitrogens is 1. The number of methoxy groups -OCH3 is 2. The second-order valence-electron chi connectivity index (χ2n) is 8.23. The second kappa shape index (κ2) is 11.2. The Morgan fingerprint density at radius 2 is 1.83 bits per heavy atom. The summed E-state index contributed by atoms with van der Waals surface area (Å²) in [6.07, 6.45) is 0. The molecule has 0 radical (unpaired) electrons. The van der Waals surface area contributed by atoms with Gasteiger partial charge in [-0.05, 0) is 36.9 Å². The number of hydrogen-bond acceptors (Lipinski definition) is 8. The quantitative estimate of drug-likeness (QED) is 0.479. The van der Waals surface area contributed by atoms with Crippen LogP contribution in [0, 0.1) is 0 Å². The zero-order chi connectivity index (χ0) is 24.8. The number of hydrogen-bond donors (Lipinski definition) is 2. The molecule has 0 bridgehead atoms. The van der Waals surface area contributed by atoms with Crippen molar-refractivity contribution >= 4 is 28.2 Å². The Balaban J connectivity index is 1.41. The van der Waals surface area contributed by atoms with Crippen LogP contribution in [0.5, 0.6) is 11.5 Å². The number of carbonyl (C=O) groups excluding carboxylic acids is 1. The van der Waals surface area contributed by atoms with Gasteiger partial charge in [-0.15, -0.1) is 0 Å². The fraction of sp³-hybridized carbons (Fsp3) is 0.400. The number of amides is 1. The number of aromatic amines is 1. The van der Waals surface area contributed by atoms with E-state index >= 15 is 0 Å². The average Bonchev–Trinajstić information content (AvgIpc) is 2.88. The predicted molar refractivity (Wildman–Crippen MR) is 135 cm³/mol. The minimum atomic E-state index is -0.271. The molecule has 35 heavy (non-hydrogen) atoms. The van der Waals surface area contributed by atoms with Crippen molar-refractivity contribution in [3.05, 3.63) is 52.6 Å². The van der Waals surface area contributed by atoms with Crippen molar-refractivity contribution in [2.45, 2.75) is 13.5 Å². The molecule has 3 aromatic rings. The highest BCUT2D eigenvalue weighted by atomic mass is 16.5. The minimum absolute atomic E-state index is 0.138. The first-order valence-electron chi connectivity index (χ1n) is 11.6. The smallest absolute Gasteiger partial charge is 0.258 e. The first kappa shape index (κ1) is 24.5. The Morgan fingerprint density at radius 3 is 2.49 bits per heavy atom. The third-order valence-corrected chi connectivity index (χ3v) is 5.97. The van der Waals surface area contributed by atoms with Gasteiger partial charge in [-0.2, -0.15) is 0 Å². The summed E-state index contributed by atoms with van der Waals surface area (Å²) >= 11 is 0. The van der Waals surface area contributed by atoms with E-state index in [0.717, 1.165) is 37.7 Å². The molecule has 0 spiro atoms. The molecule has 1 aliphatic rings. The second-order valence-corrected chi connectivity index (χ2v) is 8.23. The molecule has 0 unspecified atom stereocenters. The maximum Gasteiger partial charge on any atom is 0.258 e. The van der Waals surface area contributed by atoms with Gasteiger partial charge >= 0.3 is 0 Å². The van der Waals surface area contributed by atoms with E-state index in [1.807, 2.05) is 36.1 Å². The van der Waals surface area contributed by atoms with Gasteiger partial charge in [0.2, 0.25) is 5.91 Å².